The highest BCUT2D eigenvalue weighted by molar-refractivity contribution is 7.17. The molecule has 1 aliphatic heterocycles. The van der Waals surface area contributed by atoms with Crippen molar-refractivity contribution < 1.29 is 9.53 Å². The van der Waals surface area contributed by atoms with Crippen molar-refractivity contribution in [1.29, 1.82) is 0 Å². The lowest BCUT2D eigenvalue weighted by molar-refractivity contribution is -0.125. The molecule has 7 nitrogen and oxygen atoms in total. The first-order valence-electron chi connectivity index (χ1n) is 10.8. The van der Waals surface area contributed by atoms with Gasteiger partial charge in [0, 0.05) is 31.6 Å². The van der Waals surface area contributed by atoms with Crippen LogP contribution in [0.1, 0.15) is 25.7 Å². The summed E-state index contributed by atoms with van der Waals surface area (Å²) in [6.07, 6.45) is 3.98. The SMILES string of the molecule is COc1cccc(-n2c(N3CCC(C(=O)NCC4CC4)CC3)nc3ccsc3c2=O)c1. The van der Waals surface area contributed by atoms with E-state index in [-0.39, 0.29) is 17.4 Å². The van der Waals surface area contributed by atoms with E-state index in [4.69, 9.17) is 9.72 Å². The predicted molar refractivity (Wildman–Crippen MR) is 122 cm³/mol. The number of rotatable bonds is 6. The highest BCUT2D eigenvalue weighted by atomic mass is 32.1. The number of anilines is 1. The number of carbonyl (C=O) groups excluding carboxylic acids is 1. The Balaban J connectivity index is 1.44. The van der Waals surface area contributed by atoms with Crippen molar-refractivity contribution in [2.75, 3.05) is 31.6 Å². The molecule has 2 aliphatic rings. The Bertz CT molecular complexity index is 1160. The second-order valence-electron chi connectivity index (χ2n) is 8.34. The molecule has 3 heterocycles. The predicted octanol–water partition coefficient (Wildman–Crippen LogP) is 3.20. The lowest BCUT2D eigenvalue weighted by Crippen LogP contribution is -2.43. The van der Waals surface area contributed by atoms with Crippen molar-refractivity contribution in [3.63, 3.8) is 0 Å². The standard InChI is InChI=1S/C23H26N4O3S/c1-30-18-4-2-3-17(13-18)27-22(29)20-19(9-12-31-20)25-23(27)26-10-7-16(8-11-26)21(28)24-14-15-5-6-15/h2-4,9,12-13,15-16H,5-8,10-11,14H2,1H3,(H,24,28). The van der Waals surface area contributed by atoms with E-state index in [1.54, 1.807) is 11.7 Å². The van der Waals surface area contributed by atoms with E-state index < -0.39 is 0 Å². The normalized spacial score (nSPS) is 17.1. The van der Waals surface area contributed by atoms with Crippen LogP contribution in [0.15, 0.2) is 40.5 Å². The van der Waals surface area contributed by atoms with Gasteiger partial charge in [-0.2, -0.15) is 0 Å². The van der Waals surface area contributed by atoms with Crippen LogP contribution in [0.25, 0.3) is 15.9 Å². The number of amides is 1. The second kappa shape index (κ2) is 8.34. The number of methoxy groups -OCH3 is 1. The molecule has 162 valence electrons. The summed E-state index contributed by atoms with van der Waals surface area (Å²) in [4.78, 5) is 32.9. The van der Waals surface area contributed by atoms with Crippen LogP contribution >= 0.6 is 11.3 Å². The van der Waals surface area contributed by atoms with Crippen LogP contribution in [0, 0.1) is 11.8 Å². The van der Waals surface area contributed by atoms with Gasteiger partial charge in [-0.05, 0) is 55.2 Å². The van der Waals surface area contributed by atoms with E-state index in [2.05, 4.69) is 10.2 Å². The van der Waals surface area contributed by atoms with Gasteiger partial charge in [-0.3, -0.25) is 9.59 Å². The monoisotopic (exact) mass is 438 g/mol. The molecule has 8 heteroatoms. The van der Waals surface area contributed by atoms with E-state index in [1.165, 1.54) is 24.2 Å². The summed E-state index contributed by atoms with van der Waals surface area (Å²) in [5.41, 5.74) is 1.37. The van der Waals surface area contributed by atoms with Crippen molar-refractivity contribution >= 4 is 33.4 Å². The first kappa shape index (κ1) is 20.1. The van der Waals surface area contributed by atoms with Crippen molar-refractivity contribution in [1.82, 2.24) is 14.9 Å². The Morgan fingerprint density at radius 1 is 1.23 bits per heavy atom. The van der Waals surface area contributed by atoms with Crippen LogP contribution in [0.2, 0.25) is 0 Å². The number of thiophene rings is 1. The Morgan fingerprint density at radius 2 is 2.03 bits per heavy atom. The van der Waals surface area contributed by atoms with Crippen molar-refractivity contribution in [2.45, 2.75) is 25.7 Å². The van der Waals surface area contributed by atoms with Gasteiger partial charge in [-0.25, -0.2) is 9.55 Å². The number of nitrogens with zero attached hydrogens (tertiary/aromatic N) is 3. The van der Waals surface area contributed by atoms with Gasteiger partial charge in [0.15, 0.2) is 0 Å². The minimum Gasteiger partial charge on any atom is -0.497 e. The smallest absolute Gasteiger partial charge is 0.277 e. The minimum atomic E-state index is -0.0763. The van der Waals surface area contributed by atoms with Crippen LogP contribution in [0.4, 0.5) is 5.95 Å². The Labute approximate surface area is 184 Å². The third-order valence-corrected chi connectivity index (χ3v) is 7.08. The van der Waals surface area contributed by atoms with E-state index in [0.29, 0.717) is 40.9 Å². The molecule has 1 saturated carbocycles. The first-order chi connectivity index (χ1) is 15.1. The molecule has 1 amide bonds. The molecule has 0 unspecified atom stereocenters. The number of ether oxygens (including phenoxy) is 1. The highest BCUT2D eigenvalue weighted by Crippen LogP contribution is 2.29. The molecular formula is C23H26N4O3S. The lowest BCUT2D eigenvalue weighted by atomic mass is 9.96. The van der Waals surface area contributed by atoms with Crippen LogP contribution in [-0.4, -0.2) is 42.2 Å². The average Bonchev–Trinajstić information content (AvgIpc) is 3.52. The highest BCUT2D eigenvalue weighted by Gasteiger charge is 2.29. The van der Waals surface area contributed by atoms with Gasteiger partial charge >= 0.3 is 0 Å². The Morgan fingerprint density at radius 3 is 2.77 bits per heavy atom. The summed E-state index contributed by atoms with van der Waals surface area (Å²) in [6, 6.07) is 9.37. The Kier molecular flexibility index (Phi) is 5.40. The van der Waals surface area contributed by atoms with Crippen LogP contribution in [-0.2, 0) is 4.79 Å². The number of hydrogen-bond donors (Lipinski definition) is 1. The number of aromatic nitrogens is 2. The number of carbonyl (C=O) groups is 1. The largest absolute Gasteiger partial charge is 0.497 e. The van der Waals surface area contributed by atoms with Gasteiger partial charge in [0.2, 0.25) is 11.9 Å². The number of benzene rings is 1. The maximum atomic E-state index is 13.4. The summed E-state index contributed by atoms with van der Waals surface area (Å²) in [5, 5.41) is 5.01. The van der Waals surface area contributed by atoms with E-state index in [9.17, 15) is 9.59 Å². The molecule has 1 aliphatic carbocycles. The fraction of sp³-hybridized carbons (Fsp3) is 0.435. The third-order valence-electron chi connectivity index (χ3n) is 6.18. The van der Waals surface area contributed by atoms with Gasteiger partial charge < -0.3 is 15.0 Å². The van der Waals surface area contributed by atoms with E-state index in [1.807, 2.05) is 35.7 Å². The molecule has 1 saturated heterocycles. The van der Waals surface area contributed by atoms with Crippen LogP contribution in [0.5, 0.6) is 5.75 Å². The summed E-state index contributed by atoms with van der Waals surface area (Å²) >= 11 is 1.41. The first-order valence-corrected chi connectivity index (χ1v) is 11.7. The molecule has 31 heavy (non-hydrogen) atoms. The molecule has 0 bridgehead atoms. The molecule has 2 aromatic heterocycles. The van der Waals surface area contributed by atoms with Crippen molar-refractivity contribution in [3.05, 3.63) is 46.1 Å². The van der Waals surface area contributed by atoms with Crippen molar-refractivity contribution in [2.24, 2.45) is 11.8 Å². The third kappa shape index (κ3) is 4.04. The minimum absolute atomic E-state index is 0.0249. The number of hydrogen-bond acceptors (Lipinski definition) is 6. The number of fused-ring (bicyclic) bond motifs is 1. The second-order valence-corrected chi connectivity index (χ2v) is 9.25. The van der Waals surface area contributed by atoms with Gasteiger partial charge in [0.1, 0.15) is 10.4 Å². The van der Waals surface area contributed by atoms with E-state index in [0.717, 1.165) is 25.1 Å². The van der Waals surface area contributed by atoms with Gasteiger partial charge in [0.05, 0.1) is 18.3 Å². The maximum absolute atomic E-state index is 13.4. The zero-order valence-electron chi connectivity index (χ0n) is 17.5. The fourth-order valence-corrected chi connectivity index (χ4v) is 4.91. The van der Waals surface area contributed by atoms with Crippen LogP contribution in [0.3, 0.4) is 0 Å². The van der Waals surface area contributed by atoms with Crippen LogP contribution < -0.4 is 20.5 Å². The molecule has 1 aromatic carbocycles. The number of nitrogens with one attached hydrogen (secondary N) is 1. The molecule has 2 fully saturated rings. The summed E-state index contributed by atoms with van der Waals surface area (Å²) < 4.78 is 7.68. The van der Waals surface area contributed by atoms with Crippen molar-refractivity contribution in [3.8, 4) is 11.4 Å². The Hall–Kier alpha value is -2.87. The van der Waals surface area contributed by atoms with Gasteiger partial charge in [-0.1, -0.05) is 6.07 Å². The molecule has 0 spiro atoms. The quantitative estimate of drug-likeness (QED) is 0.640. The molecule has 3 aromatic rings. The van der Waals surface area contributed by atoms with E-state index >= 15 is 0 Å². The fourth-order valence-electron chi connectivity index (χ4n) is 4.15. The maximum Gasteiger partial charge on any atom is 0.277 e. The molecule has 1 N–H and O–H groups in total. The molecular weight excluding hydrogens is 412 g/mol. The summed E-state index contributed by atoms with van der Waals surface area (Å²) in [6.45, 7) is 2.19. The number of piperidine rings is 1. The molecule has 0 radical (unpaired) electrons. The summed E-state index contributed by atoms with van der Waals surface area (Å²) in [7, 11) is 1.61. The zero-order chi connectivity index (χ0) is 21.4. The lowest BCUT2D eigenvalue weighted by Gasteiger charge is -2.33. The van der Waals surface area contributed by atoms with Gasteiger partial charge in [-0.15, -0.1) is 11.3 Å². The molecule has 5 rings (SSSR count). The zero-order valence-corrected chi connectivity index (χ0v) is 18.4. The molecule has 0 atom stereocenters. The summed E-state index contributed by atoms with van der Waals surface area (Å²) in [5.74, 6) is 2.19. The topological polar surface area (TPSA) is 76.5 Å². The average molecular weight is 439 g/mol. The van der Waals surface area contributed by atoms with Gasteiger partial charge in [0.25, 0.3) is 5.56 Å².